The van der Waals surface area contributed by atoms with E-state index in [1.165, 1.54) is 6.92 Å². The number of nitrogens with one attached hydrogen (secondary N) is 1. The van der Waals surface area contributed by atoms with Gasteiger partial charge in [-0.1, -0.05) is 12.1 Å². The van der Waals surface area contributed by atoms with Crippen molar-refractivity contribution in [3.05, 3.63) is 54.1 Å². The van der Waals surface area contributed by atoms with Gasteiger partial charge in [-0.15, -0.1) is 0 Å². The van der Waals surface area contributed by atoms with Crippen molar-refractivity contribution in [2.75, 3.05) is 16.8 Å². The van der Waals surface area contributed by atoms with Gasteiger partial charge in [-0.2, -0.15) is 0 Å². The van der Waals surface area contributed by atoms with E-state index in [-0.39, 0.29) is 30.1 Å². The average Bonchev–Trinajstić information content (AvgIpc) is 3.04. The van der Waals surface area contributed by atoms with Crippen LogP contribution in [0.4, 0.5) is 11.4 Å². The number of Topliss-reactive ketones (excluding diaryl/α,β-unsaturated/α-hetero) is 1. The maximum Gasteiger partial charge on any atom is 0.229 e. The normalized spacial score (nSPS) is 16.4. The first-order valence-electron chi connectivity index (χ1n) is 9.32. The van der Waals surface area contributed by atoms with Gasteiger partial charge in [0.25, 0.3) is 0 Å². The van der Waals surface area contributed by atoms with Crippen LogP contribution in [0.25, 0.3) is 0 Å². The first kappa shape index (κ1) is 19.6. The van der Waals surface area contributed by atoms with Gasteiger partial charge in [0.2, 0.25) is 11.8 Å². The fraction of sp³-hybridized carbons (Fsp3) is 0.318. The quantitative estimate of drug-likeness (QED) is 0.776. The van der Waals surface area contributed by atoms with Crippen LogP contribution in [0.1, 0.15) is 37.6 Å². The van der Waals surface area contributed by atoms with Gasteiger partial charge in [0.1, 0.15) is 5.75 Å². The minimum atomic E-state index is -0.444. The Morgan fingerprint density at radius 3 is 2.50 bits per heavy atom. The minimum absolute atomic E-state index is 0.0665. The van der Waals surface area contributed by atoms with Crippen LogP contribution < -0.4 is 15.0 Å². The Morgan fingerprint density at radius 1 is 1.14 bits per heavy atom. The third-order valence-corrected chi connectivity index (χ3v) is 4.55. The number of anilines is 2. The van der Waals surface area contributed by atoms with E-state index in [2.05, 4.69) is 5.32 Å². The topological polar surface area (TPSA) is 75.7 Å². The monoisotopic (exact) mass is 380 g/mol. The Labute approximate surface area is 164 Å². The van der Waals surface area contributed by atoms with Crippen molar-refractivity contribution >= 4 is 29.0 Å². The van der Waals surface area contributed by atoms with Crippen LogP contribution in [0.2, 0.25) is 0 Å². The smallest absolute Gasteiger partial charge is 0.229 e. The summed E-state index contributed by atoms with van der Waals surface area (Å²) in [6.07, 6.45) is 0.233. The highest BCUT2D eigenvalue weighted by molar-refractivity contribution is 6.04. The zero-order valence-electron chi connectivity index (χ0n) is 16.3. The molecule has 2 aromatic carbocycles. The number of hydrogen-bond donors (Lipinski definition) is 1. The van der Waals surface area contributed by atoms with Crippen LogP contribution in [0.3, 0.4) is 0 Å². The summed E-state index contributed by atoms with van der Waals surface area (Å²) >= 11 is 0. The molecule has 0 aliphatic carbocycles. The van der Waals surface area contributed by atoms with Gasteiger partial charge in [-0.25, -0.2) is 0 Å². The second kappa shape index (κ2) is 8.25. The lowest BCUT2D eigenvalue weighted by atomic mass is 10.1. The molecule has 0 radical (unpaired) electrons. The van der Waals surface area contributed by atoms with Crippen LogP contribution in [0, 0.1) is 5.92 Å². The molecule has 1 saturated heterocycles. The molecule has 1 atom stereocenters. The number of rotatable bonds is 6. The molecule has 3 rings (SSSR count). The van der Waals surface area contributed by atoms with Gasteiger partial charge >= 0.3 is 0 Å². The Kier molecular flexibility index (Phi) is 5.78. The van der Waals surface area contributed by atoms with Crippen LogP contribution in [0.15, 0.2) is 48.5 Å². The summed E-state index contributed by atoms with van der Waals surface area (Å²) in [6, 6.07) is 14.1. The molecule has 0 unspecified atom stereocenters. The third-order valence-electron chi connectivity index (χ3n) is 4.55. The highest BCUT2D eigenvalue weighted by Gasteiger charge is 2.35. The van der Waals surface area contributed by atoms with Gasteiger partial charge in [0.15, 0.2) is 5.78 Å². The summed E-state index contributed by atoms with van der Waals surface area (Å²) in [4.78, 5) is 38.1. The Hall–Kier alpha value is -3.15. The summed E-state index contributed by atoms with van der Waals surface area (Å²) in [6.45, 7) is 5.70. The van der Waals surface area contributed by atoms with E-state index in [1.807, 2.05) is 38.1 Å². The van der Waals surface area contributed by atoms with Gasteiger partial charge < -0.3 is 15.0 Å². The van der Waals surface area contributed by atoms with Gasteiger partial charge in [0, 0.05) is 29.9 Å². The molecule has 1 fully saturated rings. The predicted molar refractivity (Wildman–Crippen MR) is 108 cm³/mol. The summed E-state index contributed by atoms with van der Waals surface area (Å²) < 4.78 is 5.62. The highest BCUT2D eigenvalue weighted by atomic mass is 16.5. The van der Waals surface area contributed by atoms with Crippen LogP contribution in [-0.4, -0.2) is 30.2 Å². The molecule has 1 aliphatic heterocycles. The van der Waals surface area contributed by atoms with Crippen molar-refractivity contribution in [3.8, 4) is 5.75 Å². The first-order valence-corrected chi connectivity index (χ1v) is 9.32. The van der Waals surface area contributed by atoms with Crippen molar-refractivity contribution in [2.24, 2.45) is 5.92 Å². The van der Waals surface area contributed by atoms with Crippen molar-refractivity contribution in [1.29, 1.82) is 0 Å². The maximum absolute atomic E-state index is 12.6. The number of ketones is 1. The summed E-state index contributed by atoms with van der Waals surface area (Å²) in [5.41, 5.74) is 1.83. The second-order valence-electron chi connectivity index (χ2n) is 7.19. The number of hydrogen-bond acceptors (Lipinski definition) is 4. The summed E-state index contributed by atoms with van der Waals surface area (Å²) in [5, 5.41) is 2.81. The van der Waals surface area contributed by atoms with Crippen LogP contribution in [-0.2, 0) is 9.59 Å². The standard InChI is InChI=1S/C22H24N2O4/c1-14(2)28-20-9-7-19(8-10-20)24-13-17(12-21(24)26)22(27)23-18-6-4-5-16(11-18)15(3)25/h4-11,14,17H,12-13H2,1-3H3,(H,23,27)/t17-/m0/s1. The molecule has 2 aromatic rings. The van der Waals surface area contributed by atoms with E-state index in [0.29, 0.717) is 17.8 Å². The number of amides is 2. The second-order valence-corrected chi connectivity index (χ2v) is 7.19. The maximum atomic E-state index is 12.6. The lowest BCUT2D eigenvalue weighted by Crippen LogP contribution is -2.28. The lowest BCUT2D eigenvalue weighted by Gasteiger charge is -2.18. The molecule has 0 saturated carbocycles. The van der Waals surface area contributed by atoms with Crippen LogP contribution >= 0.6 is 0 Å². The van der Waals surface area contributed by atoms with Crippen molar-refractivity contribution < 1.29 is 19.1 Å². The number of nitrogens with zero attached hydrogens (tertiary/aromatic N) is 1. The molecule has 0 spiro atoms. The fourth-order valence-corrected chi connectivity index (χ4v) is 3.17. The van der Waals surface area contributed by atoms with Crippen molar-refractivity contribution in [3.63, 3.8) is 0 Å². The summed E-state index contributed by atoms with van der Waals surface area (Å²) in [5.74, 6) is -0.0835. The highest BCUT2D eigenvalue weighted by Crippen LogP contribution is 2.28. The van der Waals surface area contributed by atoms with Crippen LogP contribution in [0.5, 0.6) is 5.75 Å². The molecule has 1 heterocycles. The molecular weight excluding hydrogens is 356 g/mol. The summed E-state index contributed by atoms with van der Waals surface area (Å²) in [7, 11) is 0. The van der Waals surface area contributed by atoms with E-state index in [1.54, 1.807) is 29.2 Å². The van der Waals surface area contributed by atoms with E-state index in [4.69, 9.17) is 4.74 Å². The van der Waals surface area contributed by atoms with Gasteiger partial charge in [0.05, 0.1) is 12.0 Å². The lowest BCUT2D eigenvalue weighted by molar-refractivity contribution is -0.122. The molecule has 0 aromatic heterocycles. The SMILES string of the molecule is CC(=O)c1cccc(NC(=O)[C@H]2CC(=O)N(c3ccc(OC(C)C)cc3)C2)c1. The molecular formula is C22H24N2O4. The number of carbonyl (C=O) groups excluding carboxylic acids is 3. The Morgan fingerprint density at radius 2 is 1.86 bits per heavy atom. The molecule has 6 heteroatoms. The zero-order chi connectivity index (χ0) is 20.3. The van der Waals surface area contributed by atoms with E-state index in [0.717, 1.165) is 11.4 Å². The Bertz CT molecular complexity index is 890. The first-order chi connectivity index (χ1) is 13.3. The van der Waals surface area contributed by atoms with E-state index >= 15 is 0 Å². The third kappa shape index (κ3) is 4.57. The largest absolute Gasteiger partial charge is 0.491 e. The molecule has 146 valence electrons. The fourth-order valence-electron chi connectivity index (χ4n) is 3.17. The number of carbonyl (C=O) groups is 3. The van der Waals surface area contributed by atoms with Gasteiger partial charge in [-0.3, -0.25) is 14.4 Å². The van der Waals surface area contributed by atoms with Crippen molar-refractivity contribution in [2.45, 2.75) is 33.3 Å². The van der Waals surface area contributed by atoms with Gasteiger partial charge in [-0.05, 0) is 57.2 Å². The molecule has 1 aliphatic rings. The number of benzene rings is 2. The predicted octanol–water partition coefficient (Wildman–Crippen LogP) is 3.67. The molecule has 6 nitrogen and oxygen atoms in total. The molecule has 1 N–H and O–H groups in total. The molecule has 28 heavy (non-hydrogen) atoms. The van der Waals surface area contributed by atoms with Crippen molar-refractivity contribution in [1.82, 2.24) is 0 Å². The van der Waals surface area contributed by atoms with E-state index < -0.39 is 5.92 Å². The average molecular weight is 380 g/mol. The molecule has 0 bridgehead atoms. The Balaban J connectivity index is 1.66. The zero-order valence-corrected chi connectivity index (χ0v) is 16.3. The number of ether oxygens (including phenoxy) is 1. The van der Waals surface area contributed by atoms with E-state index in [9.17, 15) is 14.4 Å². The molecule has 2 amide bonds. The minimum Gasteiger partial charge on any atom is -0.491 e.